The number of urea groups is 1. The highest BCUT2D eigenvalue weighted by molar-refractivity contribution is 7.90. The zero-order valence-corrected chi connectivity index (χ0v) is 19.9. The maximum Gasteiger partial charge on any atom is 0.329 e. The fourth-order valence-electron chi connectivity index (χ4n) is 4.69. The third-order valence-electron chi connectivity index (χ3n) is 6.70. The summed E-state index contributed by atoms with van der Waals surface area (Å²) >= 11 is 1.62. The van der Waals surface area contributed by atoms with Crippen LogP contribution in [0.3, 0.4) is 0 Å². The molecule has 1 spiro atoms. The number of imide groups is 1. The minimum atomic E-state index is -3.46. The van der Waals surface area contributed by atoms with E-state index in [9.17, 15) is 18.0 Å². The molecule has 2 aliphatic rings. The van der Waals surface area contributed by atoms with Crippen LogP contribution in [0.2, 0.25) is 0 Å². The van der Waals surface area contributed by atoms with Gasteiger partial charge in [0.05, 0.1) is 26.3 Å². The number of thiazole rings is 1. The molecular formula is C23H24N4O4S2. The van der Waals surface area contributed by atoms with E-state index in [4.69, 9.17) is 0 Å². The van der Waals surface area contributed by atoms with Gasteiger partial charge in [0, 0.05) is 25.4 Å². The number of benzene rings is 2. The predicted molar refractivity (Wildman–Crippen MR) is 127 cm³/mol. The molecule has 0 bridgehead atoms. The molecule has 2 aromatic carbocycles. The van der Waals surface area contributed by atoms with Crippen molar-refractivity contribution >= 4 is 49.0 Å². The van der Waals surface area contributed by atoms with Gasteiger partial charge >= 0.3 is 6.03 Å². The molecule has 8 nitrogen and oxygen atoms in total. The average molecular weight is 485 g/mol. The quantitative estimate of drug-likeness (QED) is 0.570. The molecule has 3 heterocycles. The molecule has 2 fully saturated rings. The second-order valence-corrected chi connectivity index (χ2v) is 11.6. The van der Waals surface area contributed by atoms with Gasteiger partial charge < -0.3 is 5.32 Å². The number of fused-ring (bicyclic) bond motifs is 1. The summed E-state index contributed by atoms with van der Waals surface area (Å²) in [6, 6.07) is 11.9. The normalized spacial score (nSPS) is 19.9. The number of nitrogens with one attached hydrogen (secondary N) is 1. The summed E-state index contributed by atoms with van der Waals surface area (Å²) in [4.78, 5) is 34.0. The predicted octanol–water partition coefficient (Wildman–Crippen LogP) is 3.35. The molecular weight excluding hydrogens is 460 g/mol. The molecule has 172 valence electrons. The first kappa shape index (κ1) is 22.0. The van der Waals surface area contributed by atoms with Crippen LogP contribution in [-0.4, -0.2) is 55.1 Å². The van der Waals surface area contributed by atoms with E-state index in [0.717, 1.165) is 21.4 Å². The summed E-state index contributed by atoms with van der Waals surface area (Å²) in [7, 11) is -3.46. The van der Waals surface area contributed by atoms with E-state index in [0.29, 0.717) is 25.9 Å². The lowest BCUT2D eigenvalue weighted by molar-refractivity contribution is -0.124. The van der Waals surface area contributed by atoms with E-state index in [1.165, 1.54) is 17.7 Å². The van der Waals surface area contributed by atoms with Crippen molar-refractivity contribution in [3.8, 4) is 0 Å². The molecule has 10 heteroatoms. The van der Waals surface area contributed by atoms with Crippen LogP contribution in [0, 0.1) is 0 Å². The number of rotatable bonds is 4. The SMILES string of the molecule is CC(c1ccc2scnc2c1)N1CCC2(CC1)NC(=O)N(c1cccc(S(C)(=O)=O)c1)C2=O. The lowest BCUT2D eigenvalue weighted by atomic mass is 9.86. The van der Waals surface area contributed by atoms with Crippen LogP contribution < -0.4 is 10.2 Å². The van der Waals surface area contributed by atoms with Crippen LogP contribution in [0.1, 0.15) is 31.4 Å². The van der Waals surface area contributed by atoms with Crippen LogP contribution in [-0.2, 0) is 14.6 Å². The van der Waals surface area contributed by atoms with Gasteiger partial charge in [-0.15, -0.1) is 11.3 Å². The minimum Gasteiger partial charge on any atom is -0.323 e. The Morgan fingerprint density at radius 2 is 1.88 bits per heavy atom. The molecule has 3 amide bonds. The van der Waals surface area contributed by atoms with Gasteiger partial charge in [-0.2, -0.15) is 0 Å². The molecule has 1 unspecified atom stereocenters. The Hall–Kier alpha value is -2.82. The molecule has 5 rings (SSSR count). The van der Waals surface area contributed by atoms with Crippen molar-refractivity contribution in [2.75, 3.05) is 24.2 Å². The molecule has 33 heavy (non-hydrogen) atoms. The van der Waals surface area contributed by atoms with Crippen molar-refractivity contribution in [3.05, 3.63) is 53.5 Å². The lowest BCUT2D eigenvalue weighted by Crippen LogP contribution is -2.55. The highest BCUT2D eigenvalue weighted by Gasteiger charge is 2.53. The van der Waals surface area contributed by atoms with Gasteiger partial charge in [0.1, 0.15) is 5.54 Å². The number of nitrogens with zero attached hydrogens (tertiary/aromatic N) is 3. The molecule has 2 aliphatic heterocycles. The van der Waals surface area contributed by atoms with Crippen LogP contribution >= 0.6 is 11.3 Å². The monoisotopic (exact) mass is 484 g/mol. The summed E-state index contributed by atoms with van der Waals surface area (Å²) < 4.78 is 25.0. The fourth-order valence-corrected chi connectivity index (χ4v) is 6.00. The van der Waals surface area contributed by atoms with Gasteiger partial charge in [-0.25, -0.2) is 23.1 Å². The van der Waals surface area contributed by atoms with Gasteiger partial charge in [-0.1, -0.05) is 12.1 Å². The number of aromatic nitrogens is 1. The second-order valence-electron chi connectivity index (χ2n) is 8.71. The number of carbonyl (C=O) groups excluding carboxylic acids is 2. The highest BCUT2D eigenvalue weighted by atomic mass is 32.2. The third-order valence-corrected chi connectivity index (χ3v) is 8.62. The Labute approximate surface area is 196 Å². The Morgan fingerprint density at radius 3 is 2.61 bits per heavy atom. The van der Waals surface area contributed by atoms with E-state index in [1.807, 2.05) is 5.51 Å². The number of carbonyl (C=O) groups is 2. The molecule has 0 saturated carbocycles. The zero-order valence-electron chi connectivity index (χ0n) is 18.3. The Balaban J connectivity index is 1.33. The Bertz CT molecular complexity index is 1360. The smallest absolute Gasteiger partial charge is 0.323 e. The number of piperidine rings is 1. The molecule has 2 saturated heterocycles. The van der Waals surface area contributed by atoms with Crippen molar-refractivity contribution in [1.29, 1.82) is 0 Å². The van der Waals surface area contributed by atoms with Crippen LogP contribution in [0.4, 0.5) is 10.5 Å². The number of sulfone groups is 1. The number of amides is 3. The zero-order chi connectivity index (χ0) is 23.4. The number of likely N-dealkylation sites (tertiary alicyclic amines) is 1. The first-order valence-corrected chi connectivity index (χ1v) is 13.5. The van der Waals surface area contributed by atoms with Crippen molar-refractivity contribution in [2.24, 2.45) is 0 Å². The van der Waals surface area contributed by atoms with Gasteiger partial charge in [0.15, 0.2) is 9.84 Å². The fraction of sp³-hybridized carbons (Fsp3) is 0.348. The van der Waals surface area contributed by atoms with E-state index < -0.39 is 21.4 Å². The highest BCUT2D eigenvalue weighted by Crippen LogP contribution is 2.36. The van der Waals surface area contributed by atoms with Crippen molar-refractivity contribution in [1.82, 2.24) is 15.2 Å². The molecule has 1 atom stereocenters. The van der Waals surface area contributed by atoms with Crippen molar-refractivity contribution in [2.45, 2.75) is 36.2 Å². The van der Waals surface area contributed by atoms with Crippen molar-refractivity contribution in [3.63, 3.8) is 0 Å². The van der Waals surface area contributed by atoms with Gasteiger partial charge in [0.25, 0.3) is 5.91 Å². The van der Waals surface area contributed by atoms with E-state index in [1.54, 1.807) is 23.5 Å². The number of hydrogen-bond donors (Lipinski definition) is 1. The molecule has 3 aromatic rings. The van der Waals surface area contributed by atoms with Gasteiger partial charge in [-0.3, -0.25) is 9.69 Å². The minimum absolute atomic E-state index is 0.0716. The van der Waals surface area contributed by atoms with Gasteiger partial charge in [0.2, 0.25) is 0 Å². The Morgan fingerprint density at radius 1 is 1.12 bits per heavy atom. The number of anilines is 1. The third kappa shape index (κ3) is 3.81. The van der Waals surface area contributed by atoms with Crippen LogP contribution in [0.5, 0.6) is 0 Å². The van der Waals surface area contributed by atoms with Crippen LogP contribution in [0.25, 0.3) is 10.2 Å². The lowest BCUT2D eigenvalue weighted by Gasteiger charge is -2.40. The molecule has 1 N–H and O–H groups in total. The summed E-state index contributed by atoms with van der Waals surface area (Å²) in [5.74, 6) is -0.325. The van der Waals surface area contributed by atoms with E-state index in [2.05, 4.69) is 40.3 Å². The van der Waals surface area contributed by atoms with E-state index in [-0.39, 0.29) is 22.5 Å². The molecule has 0 radical (unpaired) electrons. The maximum atomic E-state index is 13.4. The second kappa shape index (κ2) is 7.89. The van der Waals surface area contributed by atoms with Crippen LogP contribution in [0.15, 0.2) is 52.9 Å². The van der Waals surface area contributed by atoms with Crippen molar-refractivity contribution < 1.29 is 18.0 Å². The first-order chi connectivity index (χ1) is 15.7. The summed E-state index contributed by atoms with van der Waals surface area (Å²) in [5.41, 5.74) is 3.31. The maximum absolute atomic E-state index is 13.4. The standard InChI is InChI=1S/C23H24N4O4S2/c1-15(16-6-7-20-19(12-16)24-14-32-20)26-10-8-23(9-11-26)21(28)27(22(29)25-23)17-4-3-5-18(13-17)33(2,30)31/h3-7,12-15H,8-11H2,1-2H3,(H,25,29). The summed E-state index contributed by atoms with van der Waals surface area (Å²) in [6.45, 7) is 3.45. The van der Waals surface area contributed by atoms with E-state index >= 15 is 0 Å². The largest absolute Gasteiger partial charge is 0.329 e. The summed E-state index contributed by atoms with van der Waals surface area (Å²) in [5, 5.41) is 2.90. The average Bonchev–Trinajstić information content (AvgIpc) is 3.35. The number of hydrogen-bond acceptors (Lipinski definition) is 7. The molecule has 1 aromatic heterocycles. The Kier molecular flexibility index (Phi) is 5.26. The topological polar surface area (TPSA) is 99.7 Å². The summed E-state index contributed by atoms with van der Waals surface area (Å²) in [6.07, 6.45) is 2.08. The first-order valence-electron chi connectivity index (χ1n) is 10.7. The van der Waals surface area contributed by atoms with Gasteiger partial charge in [-0.05, 0) is 55.7 Å². The molecule has 0 aliphatic carbocycles.